The monoisotopic (exact) mass is 260 g/mol. The van der Waals surface area contributed by atoms with Gasteiger partial charge in [0.05, 0.1) is 0 Å². The van der Waals surface area contributed by atoms with Crippen molar-refractivity contribution in [2.75, 3.05) is 24.5 Å². The number of rotatable bonds is 7. The third-order valence-corrected chi connectivity index (χ3v) is 3.98. The molecule has 2 heteroatoms. The number of fused-ring (bicyclic) bond motifs is 1. The quantitative estimate of drug-likeness (QED) is 0.755. The Morgan fingerprint density at radius 2 is 2.00 bits per heavy atom. The van der Waals surface area contributed by atoms with Gasteiger partial charge in [-0.2, -0.15) is 0 Å². The van der Waals surface area contributed by atoms with Gasteiger partial charge in [0.2, 0.25) is 0 Å². The largest absolute Gasteiger partial charge is 0.368 e. The third-order valence-electron chi connectivity index (χ3n) is 3.98. The maximum Gasteiger partial charge on any atom is 0.0401 e. The van der Waals surface area contributed by atoms with Gasteiger partial charge in [-0.05, 0) is 56.8 Å². The van der Waals surface area contributed by atoms with E-state index in [0.29, 0.717) is 6.04 Å². The Balaban J connectivity index is 1.74. The third kappa shape index (κ3) is 3.97. The Bertz CT molecular complexity index is 387. The van der Waals surface area contributed by atoms with E-state index in [-0.39, 0.29) is 0 Å². The lowest BCUT2D eigenvalue weighted by atomic mass is 10.1. The second kappa shape index (κ2) is 6.95. The molecule has 0 aliphatic carbocycles. The molecule has 1 N–H and O–H groups in total. The van der Waals surface area contributed by atoms with Gasteiger partial charge in [0.25, 0.3) is 0 Å². The number of benzene rings is 1. The second-order valence-electron chi connectivity index (χ2n) is 6.16. The zero-order valence-electron chi connectivity index (χ0n) is 12.7. The van der Waals surface area contributed by atoms with E-state index in [0.717, 1.165) is 19.0 Å². The van der Waals surface area contributed by atoms with Crippen molar-refractivity contribution in [3.63, 3.8) is 0 Å². The Labute approximate surface area is 118 Å². The Morgan fingerprint density at radius 1 is 1.21 bits per heavy atom. The Hall–Kier alpha value is -1.02. The fourth-order valence-electron chi connectivity index (χ4n) is 2.89. The first kappa shape index (κ1) is 14.4. The highest BCUT2D eigenvalue weighted by Gasteiger charge is 2.22. The molecule has 1 heterocycles. The first-order valence-corrected chi connectivity index (χ1v) is 7.73. The van der Waals surface area contributed by atoms with Gasteiger partial charge in [0, 0.05) is 18.3 Å². The van der Waals surface area contributed by atoms with E-state index >= 15 is 0 Å². The van der Waals surface area contributed by atoms with E-state index in [1.54, 1.807) is 0 Å². The summed E-state index contributed by atoms with van der Waals surface area (Å²) in [4.78, 5) is 2.58. The highest BCUT2D eigenvalue weighted by atomic mass is 15.2. The van der Waals surface area contributed by atoms with Crippen LogP contribution in [0.25, 0.3) is 0 Å². The van der Waals surface area contributed by atoms with Crippen LogP contribution < -0.4 is 10.2 Å². The van der Waals surface area contributed by atoms with E-state index in [4.69, 9.17) is 0 Å². The summed E-state index contributed by atoms with van der Waals surface area (Å²) in [7, 11) is 0. The summed E-state index contributed by atoms with van der Waals surface area (Å²) in [5, 5.41) is 3.53. The molecule has 0 amide bonds. The predicted molar refractivity (Wildman–Crippen MR) is 83.9 cm³/mol. The molecule has 0 aromatic heterocycles. The van der Waals surface area contributed by atoms with Crippen LogP contribution in [0, 0.1) is 5.92 Å². The molecule has 0 fully saturated rings. The summed E-state index contributed by atoms with van der Waals surface area (Å²) >= 11 is 0. The smallest absolute Gasteiger partial charge is 0.0401 e. The van der Waals surface area contributed by atoms with Crippen LogP contribution in [0.4, 0.5) is 5.69 Å². The molecule has 1 aromatic carbocycles. The number of hydrogen-bond donors (Lipinski definition) is 1. The molecule has 2 rings (SSSR count). The van der Waals surface area contributed by atoms with Crippen molar-refractivity contribution in [3.8, 4) is 0 Å². The van der Waals surface area contributed by atoms with Crippen molar-refractivity contribution in [1.29, 1.82) is 0 Å². The number of nitrogens with one attached hydrogen (secondary N) is 1. The van der Waals surface area contributed by atoms with Gasteiger partial charge in [-0.25, -0.2) is 0 Å². The molecule has 2 nitrogen and oxygen atoms in total. The summed E-state index contributed by atoms with van der Waals surface area (Å²) in [5.74, 6) is 0.753. The SMILES string of the molecule is CC(C)CNCCCC(C)N1CCc2ccccc21. The zero-order chi connectivity index (χ0) is 13.7. The molecule has 1 aliphatic rings. The Kier molecular flexibility index (Phi) is 5.26. The highest BCUT2D eigenvalue weighted by molar-refractivity contribution is 5.58. The fourth-order valence-corrected chi connectivity index (χ4v) is 2.89. The van der Waals surface area contributed by atoms with Crippen molar-refractivity contribution in [3.05, 3.63) is 29.8 Å². The predicted octanol–water partition coefficient (Wildman–Crippen LogP) is 3.46. The van der Waals surface area contributed by atoms with E-state index < -0.39 is 0 Å². The van der Waals surface area contributed by atoms with Gasteiger partial charge in [-0.3, -0.25) is 0 Å². The molecule has 1 atom stereocenters. The van der Waals surface area contributed by atoms with Crippen LogP contribution in [0.2, 0.25) is 0 Å². The molecule has 0 bridgehead atoms. The summed E-state index contributed by atoms with van der Waals surface area (Å²) in [6.45, 7) is 10.4. The maximum atomic E-state index is 3.53. The Morgan fingerprint density at radius 3 is 2.79 bits per heavy atom. The van der Waals surface area contributed by atoms with Gasteiger partial charge in [-0.15, -0.1) is 0 Å². The van der Waals surface area contributed by atoms with Gasteiger partial charge >= 0.3 is 0 Å². The molecule has 0 radical (unpaired) electrons. The van der Waals surface area contributed by atoms with Gasteiger partial charge in [-0.1, -0.05) is 32.0 Å². The zero-order valence-corrected chi connectivity index (χ0v) is 12.7. The first-order chi connectivity index (χ1) is 9.18. The van der Waals surface area contributed by atoms with Gasteiger partial charge < -0.3 is 10.2 Å². The molecule has 1 aromatic rings. The minimum Gasteiger partial charge on any atom is -0.368 e. The molecule has 0 saturated heterocycles. The summed E-state index contributed by atoms with van der Waals surface area (Å²) < 4.78 is 0. The molecule has 106 valence electrons. The molecule has 1 aliphatic heterocycles. The molecule has 0 spiro atoms. The van der Waals surface area contributed by atoms with Crippen LogP contribution in [0.3, 0.4) is 0 Å². The summed E-state index contributed by atoms with van der Waals surface area (Å²) in [5.41, 5.74) is 2.98. The van der Waals surface area contributed by atoms with Crippen LogP contribution >= 0.6 is 0 Å². The van der Waals surface area contributed by atoms with Gasteiger partial charge in [0.1, 0.15) is 0 Å². The van der Waals surface area contributed by atoms with E-state index in [9.17, 15) is 0 Å². The molecular weight excluding hydrogens is 232 g/mol. The average Bonchev–Trinajstić information content (AvgIpc) is 2.81. The van der Waals surface area contributed by atoms with Crippen molar-refractivity contribution >= 4 is 5.69 Å². The lowest BCUT2D eigenvalue weighted by Crippen LogP contribution is -2.32. The van der Waals surface area contributed by atoms with Crippen molar-refractivity contribution in [1.82, 2.24) is 5.32 Å². The van der Waals surface area contributed by atoms with Gasteiger partial charge in [0.15, 0.2) is 0 Å². The summed E-state index contributed by atoms with van der Waals surface area (Å²) in [6.07, 6.45) is 3.76. The van der Waals surface area contributed by atoms with Crippen LogP contribution in [-0.2, 0) is 6.42 Å². The minimum absolute atomic E-state index is 0.657. The van der Waals surface area contributed by atoms with E-state index in [2.05, 4.69) is 55.3 Å². The van der Waals surface area contributed by atoms with Crippen molar-refractivity contribution < 1.29 is 0 Å². The molecular formula is C17H28N2. The van der Waals surface area contributed by atoms with Crippen LogP contribution in [-0.4, -0.2) is 25.7 Å². The molecule has 1 unspecified atom stereocenters. The number of para-hydroxylation sites is 1. The van der Waals surface area contributed by atoms with Crippen LogP contribution in [0.5, 0.6) is 0 Å². The number of nitrogens with zero attached hydrogens (tertiary/aromatic N) is 1. The normalized spacial score (nSPS) is 15.9. The molecule has 19 heavy (non-hydrogen) atoms. The van der Waals surface area contributed by atoms with Crippen LogP contribution in [0.1, 0.15) is 39.2 Å². The summed E-state index contributed by atoms with van der Waals surface area (Å²) in [6, 6.07) is 9.52. The molecule has 0 saturated carbocycles. The number of anilines is 1. The van der Waals surface area contributed by atoms with Crippen molar-refractivity contribution in [2.24, 2.45) is 5.92 Å². The lowest BCUT2D eigenvalue weighted by molar-refractivity contribution is 0.510. The second-order valence-corrected chi connectivity index (χ2v) is 6.16. The number of hydrogen-bond acceptors (Lipinski definition) is 2. The minimum atomic E-state index is 0.657. The lowest BCUT2D eigenvalue weighted by Gasteiger charge is -2.27. The topological polar surface area (TPSA) is 15.3 Å². The van der Waals surface area contributed by atoms with Crippen LogP contribution in [0.15, 0.2) is 24.3 Å². The fraction of sp³-hybridized carbons (Fsp3) is 0.647. The first-order valence-electron chi connectivity index (χ1n) is 7.73. The highest BCUT2D eigenvalue weighted by Crippen LogP contribution is 2.30. The van der Waals surface area contributed by atoms with E-state index in [1.165, 1.54) is 37.1 Å². The standard InChI is InChI=1S/C17H28N2/c1-14(2)13-18-11-6-7-15(3)19-12-10-16-8-4-5-9-17(16)19/h4-5,8-9,14-15,18H,6-7,10-13H2,1-3H3. The average molecular weight is 260 g/mol. The van der Waals surface area contributed by atoms with E-state index in [1.807, 2.05) is 0 Å². The maximum absolute atomic E-state index is 3.53. The van der Waals surface area contributed by atoms with Crippen molar-refractivity contribution in [2.45, 2.75) is 46.1 Å².